The van der Waals surface area contributed by atoms with Gasteiger partial charge in [-0.3, -0.25) is 29.6 Å². The third-order valence-electron chi connectivity index (χ3n) is 4.35. The van der Waals surface area contributed by atoms with Gasteiger partial charge in [-0.15, -0.1) is 0 Å². The minimum atomic E-state index is -0.790. The van der Waals surface area contributed by atoms with E-state index in [0.717, 1.165) is 14.0 Å². The van der Waals surface area contributed by atoms with Gasteiger partial charge in [-0.05, 0) is 42.5 Å². The zero-order valence-electron chi connectivity index (χ0n) is 15.9. The number of halogens is 3. The van der Waals surface area contributed by atoms with Crippen molar-refractivity contribution in [2.75, 3.05) is 18.5 Å². The van der Waals surface area contributed by atoms with Gasteiger partial charge in [0.25, 0.3) is 11.8 Å². The highest BCUT2D eigenvalue weighted by atomic mass is 79.9. The number of carbonyl (C=O) groups excluding carboxylic acids is 4. The van der Waals surface area contributed by atoms with Gasteiger partial charge in [-0.1, -0.05) is 43.5 Å². The van der Waals surface area contributed by atoms with Crippen molar-refractivity contribution in [1.82, 2.24) is 10.4 Å². The molecule has 3 amide bonds. The molecule has 1 atom stereocenters. The van der Waals surface area contributed by atoms with Gasteiger partial charge in [0.05, 0.1) is 23.2 Å². The Morgan fingerprint density at radius 1 is 1.10 bits per heavy atom. The van der Waals surface area contributed by atoms with E-state index >= 15 is 0 Å². The number of nitrogens with zero attached hydrogens (tertiary/aromatic N) is 1. The fourth-order valence-corrected chi connectivity index (χ4v) is 3.78. The van der Waals surface area contributed by atoms with Crippen molar-refractivity contribution >= 4 is 72.8 Å². The highest BCUT2D eigenvalue weighted by Crippen LogP contribution is 2.25. The van der Waals surface area contributed by atoms with Gasteiger partial charge in [0.1, 0.15) is 0 Å². The molecule has 8 nitrogen and oxygen atoms in total. The number of hydrazine groups is 1. The number of amides is 3. The van der Waals surface area contributed by atoms with Crippen LogP contribution in [-0.4, -0.2) is 41.9 Å². The quantitative estimate of drug-likeness (QED) is 0.515. The first-order valence-electron chi connectivity index (χ1n) is 9.01. The first kappa shape index (κ1) is 23.2. The second-order valence-electron chi connectivity index (χ2n) is 6.63. The second-order valence-corrected chi connectivity index (χ2v) is 8.87. The number of carbonyl (C=O) groups is 4. The van der Waals surface area contributed by atoms with Crippen LogP contribution in [0.2, 0.25) is 5.02 Å². The molecular weight excluding hydrogens is 557 g/mol. The van der Waals surface area contributed by atoms with E-state index in [9.17, 15) is 19.2 Å². The van der Waals surface area contributed by atoms with Crippen molar-refractivity contribution < 1.29 is 23.9 Å². The molecule has 2 aromatic carbocycles. The molecule has 1 aliphatic heterocycles. The molecular formula is C20H16Br2ClN3O5. The van der Waals surface area contributed by atoms with E-state index < -0.39 is 36.2 Å². The summed E-state index contributed by atoms with van der Waals surface area (Å²) in [4.78, 5) is 48.7. The van der Waals surface area contributed by atoms with Crippen molar-refractivity contribution in [1.29, 1.82) is 0 Å². The molecule has 1 fully saturated rings. The molecule has 0 aromatic heterocycles. The molecule has 1 saturated heterocycles. The maximum absolute atomic E-state index is 12.3. The Morgan fingerprint density at radius 2 is 1.77 bits per heavy atom. The maximum atomic E-state index is 12.3. The standard InChI is InChI=1S/C20H16Br2ClN3O5/c21-13-3-1-11(2-4-13)19(29)25-26-9-12(7-18(26)28)20(30)31-10-17(27)24-16-6-5-14(22)8-15(16)23/h1-6,8,12H,7,9-10H2,(H,24,27)(H,25,29)/t12-/m1/s1. The molecule has 0 radical (unpaired) electrons. The predicted octanol–water partition coefficient (Wildman–Crippen LogP) is 3.54. The van der Waals surface area contributed by atoms with Crippen LogP contribution in [-0.2, 0) is 19.1 Å². The number of nitrogens with one attached hydrogen (secondary N) is 2. The van der Waals surface area contributed by atoms with Gasteiger partial charge in [0, 0.05) is 20.9 Å². The highest BCUT2D eigenvalue weighted by Gasteiger charge is 2.36. The first-order chi connectivity index (χ1) is 14.7. The smallest absolute Gasteiger partial charge is 0.311 e. The highest BCUT2D eigenvalue weighted by molar-refractivity contribution is 9.10. The van der Waals surface area contributed by atoms with Crippen LogP contribution in [0.25, 0.3) is 0 Å². The third-order valence-corrected chi connectivity index (χ3v) is 5.69. The van der Waals surface area contributed by atoms with Crippen LogP contribution in [0, 0.1) is 5.92 Å². The maximum Gasteiger partial charge on any atom is 0.311 e. The third kappa shape index (κ3) is 6.28. The lowest BCUT2D eigenvalue weighted by atomic mass is 10.1. The summed E-state index contributed by atoms with van der Waals surface area (Å²) in [6, 6.07) is 11.5. The van der Waals surface area contributed by atoms with Gasteiger partial charge < -0.3 is 10.1 Å². The summed E-state index contributed by atoms with van der Waals surface area (Å²) in [5.74, 6) is -2.95. The molecule has 1 heterocycles. The average molecular weight is 574 g/mol. The van der Waals surface area contributed by atoms with Crippen LogP contribution in [0.5, 0.6) is 0 Å². The predicted molar refractivity (Wildman–Crippen MR) is 120 cm³/mol. The molecule has 0 saturated carbocycles. The summed E-state index contributed by atoms with van der Waals surface area (Å²) < 4.78 is 6.59. The van der Waals surface area contributed by atoms with Crippen LogP contribution in [0.4, 0.5) is 5.69 Å². The van der Waals surface area contributed by atoms with Crippen LogP contribution in [0.3, 0.4) is 0 Å². The molecule has 0 spiro atoms. The van der Waals surface area contributed by atoms with E-state index in [4.69, 9.17) is 16.3 Å². The zero-order valence-corrected chi connectivity index (χ0v) is 19.8. The molecule has 31 heavy (non-hydrogen) atoms. The Kier molecular flexibility index (Phi) is 7.69. The molecule has 11 heteroatoms. The molecule has 0 unspecified atom stereocenters. The summed E-state index contributed by atoms with van der Waals surface area (Å²) >= 11 is 12.6. The molecule has 2 N–H and O–H groups in total. The van der Waals surface area contributed by atoms with Crippen LogP contribution >= 0.6 is 43.5 Å². The molecule has 0 bridgehead atoms. The Labute approximate surface area is 199 Å². The molecule has 0 aliphatic carbocycles. The molecule has 3 rings (SSSR count). The number of hydrogen-bond donors (Lipinski definition) is 2. The minimum absolute atomic E-state index is 0.0416. The summed E-state index contributed by atoms with van der Waals surface area (Å²) in [6.45, 7) is -0.568. The molecule has 162 valence electrons. The normalized spacial score (nSPS) is 15.5. The SMILES string of the molecule is O=C(COC(=O)[C@@H]1CC(=O)N(NC(=O)c2ccc(Br)cc2)C1)Nc1ccc(Br)cc1Cl. The lowest BCUT2D eigenvalue weighted by Crippen LogP contribution is -2.43. The summed E-state index contributed by atoms with van der Waals surface area (Å²) in [6.07, 6.45) is -0.125. The largest absolute Gasteiger partial charge is 0.455 e. The lowest BCUT2D eigenvalue weighted by Gasteiger charge is -2.17. The summed E-state index contributed by atoms with van der Waals surface area (Å²) in [5, 5.41) is 3.95. The van der Waals surface area contributed by atoms with Crippen LogP contribution in [0.15, 0.2) is 51.4 Å². The topological polar surface area (TPSA) is 105 Å². The summed E-state index contributed by atoms with van der Waals surface area (Å²) in [5.41, 5.74) is 3.23. The number of ether oxygens (including phenoxy) is 1. The van der Waals surface area contributed by atoms with Gasteiger partial charge >= 0.3 is 5.97 Å². The second kappa shape index (κ2) is 10.3. The molecule has 1 aliphatic rings. The van der Waals surface area contributed by atoms with Crippen molar-refractivity contribution in [2.45, 2.75) is 6.42 Å². The number of hydrogen-bond acceptors (Lipinski definition) is 5. The Balaban J connectivity index is 1.48. The average Bonchev–Trinajstić information content (AvgIpc) is 3.09. The van der Waals surface area contributed by atoms with E-state index in [0.29, 0.717) is 16.3 Å². The Hall–Kier alpha value is -2.43. The molecule has 2 aromatic rings. The van der Waals surface area contributed by atoms with Gasteiger partial charge in [0.2, 0.25) is 5.91 Å². The van der Waals surface area contributed by atoms with Crippen molar-refractivity contribution in [3.63, 3.8) is 0 Å². The van der Waals surface area contributed by atoms with E-state index in [1.54, 1.807) is 42.5 Å². The fourth-order valence-electron chi connectivity index (χ4n) is 2.79. The lowest BCUT2D eigenvalue weighted by molar-refractivity contribution is -0.151. The van der Waals surface area contributed by atoms with E-state index in [1.165, 1.54) is 0 Å². The number of benzene rings is 2. The van der Waals surface area contributed by atoms with Crippen molar-refractivity contribution in [3.05, 3.63) is 62.0 Å². The zero-order chi connectivity index (χ0) is 22.5. The van der Waals surface area contributed by atoms with Gasteiger partial charge in [0.15, 0.2) is 6.61 Å². The fraction of sp³-hybridized carbons (Fsp3) is 0.200. The van der Waals surface area contributed by atoms with Gasteiger partial charge in [-0.2, -0.15) is 0 Å². The van der Waals surface area contributed by atoms with Gasteiger partial charge in [-0.25, -0.2) is 0 Å². The Morgan fingerprint density at radius 3 is 2.45 bits per heavy atom. The summed E-state index contributed by atoms with van der Waals surface area (Å²) in [7, 11) is 0. The number of rotatable bonds is 6. The first-order valence-corrected chi connectivity index (χ1v) is 11.0. The van der Waals surface area contributed by atoms with Crippen LogP contribution < -0.4 is 10.7 Å². The van der Waals surface area contributed by atoms with E-state index in [1.807, 2.05) is 0 Å². The monoisotopic (exact) mass is 571 g/mol. The van der Waals surface area contributed by atoms with Crippen molar-refractivity contribution in [3.8, 4) is 0 Å². The van der Waals surface area contributed by atoms with Crippen LogP contribution in [0.1, 0.15) is 16.8 Å². The Bertz CT molecular complexity index is 1030. The number of anilines is 1. The minimum Gasteiger partial charge on any atom is -0.455 e. The van der Waals surface area contributed by atoms with E-state index in [2.05, 4.69) is 42.6 Å². The van der Waals surface area contributed by atoms with Crippen molar-refractivity contribution in [2.24, 2.45) is 5.92 Å². The van der Waals surface area contributed by atoms with E-state index in [-0.39, 0.29) is 13.0 Å². The number of esters is 1.